The van der Waals surface area contributed by atoms with Crippen molar-refractivity contribution in [2.75, 3.05) is 45.8 Å². The van der Waals surface area contributed by atoms with Gasteiger partial charge in [-0.1, -0.05) is 36.4 Å². The highest BCUT2D eigenvalue weighted by molar-refractivity contribution is 5.94. The van der Waals surface area contributed by atoms with E-state index < -0.39 is 5.97 Å². The molecule has 240 valence electrons. The van der Waals surface area contributed by atoms with E-state index in [-0.39, 0.29) is 42.0 Å². The fourth-order valence-corrected chi connectivity index (χ4v) is 6.82. The molecule has 8 nitrogen and oxygen atoms in total. The molecule has 9 heteroatoms. The van der Waals surface area contributed by atoms with E-state index in [4.69, 9.17) is 5.11 Å². The predicted molar refractivity (Wildman–Crippen MR) is 173 cm³/mol. The Labute approximate surface area is 265 Å². The van der Waals surface area contributed by atoms with Gasteiger partial charge in [0.1, 0.15) is 11.6 Å². The lowest BCUT2D eigenvalue weighted by atomic mass is 9.92. The van der Waals surface area contributed by atoms with Crippen LogP contribution in [0.25, 0.3) is 0 Å². The summed E-state index contributed by atoms with van der Waals surface area (Å²) in [6.45, 7) is 10.2. The number of nitrogens with zero attached hydrogens (tertiary/aromatic N) is 4. The first-order valence-corrected chi connectivity index (χ1v) is 16.0. The van der Waals surface area contributed by atoms with Gasteiger partial charge in [0, 0.05) is 63.3 Å². The van der Waals surface area contributed by atoms with Gasteiger partial charge in [-0.15, -0.1) is 0 Å². The van der Waals surface area contributed by atoms with Crippen LogP contribution >= 0.6 is 0 Å². The smallest absolute Gasteiger partial charge is 0.303 e. The second-order valence-corrected chi connectivity index (χ2v) is 12.6. The molecule has 2 saturated heterocycles. The molecule has 1 amide bonds. The summed E-state index contributed by atoms with van der Waals surface area (Å²) in [5.41, 5.74) is 3.55. The number of carbonyl (C=O) groups excluding carboxylic acids is 1. The van der Waals surface area contributed by atoms with Crippen LogP contribution in [0.4, 0.5) is 4.39 Å². The number of hydrogen-bond acceptors (Lipinski definition) is 6. The Morgan fingerprint density at radius 3 is 2.40 bits per heavy atom. The maximum atomic E-state index is 13.9. The van der Waals surface area contributed by atoms with Crippen LogP contribution in [0.5, 0.6) is 5.75 Å². The standard InChI is InChI=1S/C36H45FN4O4/c1-26-24-41(27(2)23-40(26)25-28-8-3-12-32(37)20-28)35(30-10-5-13-33(42)22-30)29-9-4-11-31(21-29)36(45)39-17-7-16-38(18-19-39)15-6-14-34(43)44/h3-5,8-13,20-22,26-27,35,42H,6-7,14-19,23-25H2,1-2H3,(H,43,44)/t26-,27+,35?/m1/s1. The molecule has 45 heavy (non-hydrogen) atoms. The highest BCUT2D eigenvalue weighted by atomic mass is 19.1. The first-order chi connectivity index (χ1) is 21.7. The second kappa shape index (κ2) is 15.0. The molecule has 3 aromatic carbocycles. The molecular formula is C36H45FN4O4. The van der Waals surface area contributed by atoms with E-state index in [9.17, 15) is 19.1 Å². The van der Waals surface area contributed by atoms with Crippen molar-refractivity contribution in [3.8, 4) is 5.75 Å². The minimum atomic E-state index is -0.778. The molecule has 2 fully saturated rings. The van der Waals surface area contributed by atoms with E-state index in [0.29, 0.717) is 31.6 Å². The fraction of sp³-hybridized carbons (Fsp3) is 0.444. The van der Waals surface area contributed by atoms with Gasteiger partial charge < -0.3 is 20.0 Å². The summed E-state index contributed by atoms with van der Waals surface area (Å²) in [6.07, 6.45) is 1.61. The summed E-state index contributed by atoms with van der Waals surface area (Å²) in [6, 6.07) is 22.2. The first-order valence-electron chi connectivity index (χ1n) is 16.0. The van der Waals surface area contributed by atoms with Crippen molar-refractivity contribution in [1.29, 1.82) is 0 Å². The highest BCUT2D eigenvalue weighted by Crippen LogP contribution is 2.35. The van der Waals surface area contributed by atoms with Crippen LogP contribution in [-0.4, -0.2) is 99.6 Å². The van der Waals surface area contributed by atoms with Crippen LogP contribution in [0.1, 0.15) is 66.2 Å². The Balaban J connectivity index is 1.35. The average molecular weight is 617 g/mol. The number of aromatic hydroxyl groups is 1. The second-order valence-electron chi connectivity index (χ2n) is 12.6. The Hall–Kier alpha value is -3.79. The monoisotopic (exact) mass is 616 g/mol. The molecule has 3 atom stereocenters. The molecule has 2 N–H and O–H groups in total. The first kappa shape index (κ1) is 32.6. The summed E-state index contributed by atoms with van der Waals surface area (Å²) in [4.78, 5) is 33.7. The van der Waals surface area contributed by atoms with E-state index in [1.165, 1.54) is 6.07 Å². The van der Waals surface area contributed by atoms with Gasteiger partial charge in [0.05, 0.1) is 6.04 Å². The van der Waals surface area contributed by atoms with E-state index >= 15 is 0 Å². The van der Waals surface area contributed by atoms with Crippen LogP contribution in [0.3, 0.4) is 0 Å². The third-order valence-corrected chi connectivity index (χ3v) is 9.15. The van der Waals surface area contributed by atoms with Crippen molar-refractivity contribution >= 4 is 11.9 Å². The average Bonchev–Trinajstić information content (AvgIpc) is 3.25. The molecule has 0 aliphatic carbocycles. The molecule has 1 unspecified atom stereocenters. The van der Waals surface area contributed by atoms with Crippen molar-refractivity contribution in [1.82, 2.24) is 19.6 Å². The largest absolute Gasteiger partial charge is 0.508 e. The zero-order valence-corrected chi connectivity index (χ0v) is 26.3. The summed E-state index contributed by atoms with van der Waals surface area (Å²) in [7, 11) is 0. The third-order valence-electron chi connectivity index (χ3n) is 9.15. The minimum absolute atomic E-state index is 0.000207. The Kier molecular flexibility index (Phi) is 10.9. The van der Waals surface area contributed by atoms with Gasteiger partial charge in [0.25, 0.3) is 5.91 Å². The normalized spacial score (nSPS) is 20.9. The van der Waals surface area contributed by atoms with Crippen molar-refractivity contribution in [2.45, 2.75) is 57.8 Å². The van der Waals surface area contributed by atoms with Crippen LogP contribution in [-0.2, 0) is 11.3 Å². The number of phenols is 1. The number of carboxylic acids is 1. The molecule has 5 rings (SSSR count). The highest BCUT2D eigenvalue weighted by Gasteiger charge is 2.35. The molecule has 3 aromatic rings. The summed E-state index contributed by atoms with van der Waals surface area (Å²) in [5, 5.41) is 19.4. The minimum Gasteiger partial charge on any atom is -0.508 e. The molecule has 0 aromatic heterocycles. The Morgan fingerprint density at radius 2 is 1.64 bits per heavy atom. The number of amides is 1. The Bertz CT molecular complexity index is 1470. The Morgan fingerprint density at radius 1 is 0.889 bits per heavy atom. The molecule has 0 radical (unpaired) electrons. The molecule has 2 heterocycles. The van der Waals surface area contributed by atoms with E-state index in [1.807, 2.05) is 47.4 Å². The van der Waals surface area contributed by atoms with E-state index in [1.54, 1.807) is 18.2 Å². The van der Waals surface area contributed by atoms with Crippen molar-refractivity contribution in [2.24, 2.45) is 0 Å². The van der Waals surface area contributed by atoms with Crippen LogP contribution < -0.4 is 0 Å². The molecule has 0 saturated carbocycles. The number of phenolic OH excluding ortho intramolecular Hbond substituents is 1. The van der Waals surface area contributed by atoms with Crippen LogP contribution in [0.2, 0.25) is 0 Å². The maximum absolute atomic E-state index is 13.9. The topological polar surface area (TPSA) is 87.6 Å². The molecule has 2 aliphatic rings. The van der Waals surface area contributed by atoms with E-state index in [0.717, 1.165) is 55.8 Å². The van der Waals surface area contributed by atoms with Gasteiger partial charge in [-0.25, -0.2) is 4.39 Å². The van der Waals surface area contributed by atoms with Gasteiger partial charge in [0.2, 0.25) is 0 Å². The summed E-state index contributed by atoms with van der Waals surface area (Å²) < 4.78 is 13.9. The zero-order valence-electron chi connectivity index (χ0n) is 26.3. The maximum Gasteiger partial charge on any atom is 0.303 e. The van der Waals surface area contributed by atoms with Crippen molar-refractivity contribution in [3.05, 3.63) is 101 Å². The van der Waals surface area contributed by atoms with Gasteiger partial charge in [-0.2, -0.15) is 0 Å². The van der Waals surface area contributed by atoms with Crippen LogP contribution in [0.15, 0.2) is 72.8 Å². The lowest BCUT2D eigenvalue weighted by Gasteiger charge is -2.47. The van der Waals surface area contributed by atoms with Gasteiger partial charge in [0.15, 0.2) is 0 Å². The summed E-state index contributed by atoms with van der Waals surface area (Å²) >= 11 is 0. The molecule has 0 spiro atoms. The lowest BCUT2D eigenvalue weighted by Crippen LogP contribution is -2.56. The molecule has 2 aliphatic heterocycles. The fourth-order valence-electron chi connectivity index (χ4n) is 6.82. The zero-order chi connectivity index (χ0) is 31.9. The molecule has 0 bridgehead atoms. The number of piperazine rings is 1. The lowest BCUT2D eigenvalue weighted by molar-refractivity contribution is -0.137. The number of benzene rings is 3. The quantitative estimate of drug-likeness (QED) is 0.323. The van der Waals surface area contributed by atoms with Crippen molar-refractivity contribution in [3.63, 3.8) is 0 Å². The number of carbonyl (C=O) groups is 2. The van der Waals surface area contributed by atoms with Gasteiger partial charge >= 0.3 is 5.97 Å². The van der Waals surface area contributed by atoms with Crippen LogP contribution in [0, 0.1) is 5.82 Å². The number of halogens is 1. The predicted octanol–water partition coefficient (Wildman–Crippen LogP) is 5.23. The SMILES string of the molecule is C[C@@H]1CN(C(c2cccc(O)c2)c2cccc(C(=O)N3CCCN(CCCC(=O)O)CC3)c2)[C@@H](C)CN1Cc1cccc(F)c1. The number of aliphatic carboxylic acids is 1. The number of rotatable bonds is 10. The number of carboxylic acid groups (broad SMARTS) is 1. The third kappa shape index (κ3) is 8.48. The number of hydrogen-bond donors (Lipinski definition) is 2. The van der Waals surface area contributed by atoms with Gasteiger partial charge in [-0.3, -0.25) is 19.4 Å². The summed E-state index contributed by atoms with van der Waals surface area (Å²) in [5.74, 6) is -0.800. The van der Waals surface area contributed by atoms with E-state index in [2.05, 4.69) is 34.6 Å². The molecular weight excluding hydrogens is 571 g/mol. The van der Waals surface area contributed by atoms with Gasteiger partial charge in [-0.05, 0) is 92.9 Å². The van der Waals surface area contributed by atoms with Crippen molar-refractivity contribution < 1.29 is 24.2 Å².